The Kier molecular flexibility index (Phi) is 10.2. The number of alkyl halides is 1. The van der Waals surface area contributed by atoms with Crippen LogP contribution in [0, 0.1) is 23.5 Å². The zero-order chi connectivity index (χ0) is 36.2. The third-order valence-electron chi connectivity index (χ3n) is 9.68. The predicted molar refractivity (Wildman–Crippen MR) is 193 cm³/mol. The molecule has 2 aromatic carbocycles. The first-order valence-corrected chi connectivity index (χ1v) is 17.1. The van der Waals surface area contributed by atoms with Gasteiger partial charge in [-0.05, 0) is 98.8 Å². The molecule has 0 saturated carbocycles. The van der Waals surface area contributed by atoms with Crippen LogP contribution in [0.2, 0.25) is 0 Å². The maximum atomic E-state index is 14.4. The Bertz CT molecular complexity index is 2140. The van der Waals surface area contributed by atoms with E-state index in [1.54, 1.807) is 37.6 Å². The van der Waals surface area contributed by atoms with E-state index in [2.05, 4.69) is 32.7 Å². The average molecular weight is 710 g/mol. The Morgan fingerprint density at radius 1 is 0.981 bits per heavy atom. The summed E-state index contributed by atoms with van der Waals surface area (Å²) in [4.78, 5) is 29.9. The Morgan fingerprint density at radius 3 is 2.54 bits per heavy atom. The van der Waals surface area contributed by atoms with Crippen LogP contribution in [-0.4, -0.2) is 70.7 Å². The molecule has 10 nitrogen and oxygen atoms in total. The van der Waals surface area contributed by atoms with E-state index in [9.17, 15) is 18.0 Å². The van der Waals surface area contributed by atoms with Crippen molar-refractivity contribution >= 4 is 23.2 Å². The minimum atomic E-state index is -0.900. The standard InChI is InChI=1S/C39H38F3N7O3/c1-51-32-12-10-26(22-27(32)38(50)47-36-28(41)6-5-7-29(36)42)35-37(49-18-4-3-8-34(49)46-35)31-13-17-43-39(45-31)44-30-11-9-25(23-33(30)52-2)24-14-19-48(20-15-24)21-16-40/h3-8,10-13,17-18,22-25H,9,14-16,19-21H2,1-2H3,(H,47,50)(H,43,44,45). The summed E-state index contributed by atoms with van der Waals surface area (Å²) in [6.07, 6.45) is 10.7. The number of hydrogen-bond acceptors (Lipinski definition) is 8. The van der Waals surface area contributed by atoms with Crippen molar-refractivity contribution in [3.05, 3.63) is 114 Å². The predicted octanol–water partition coefficient (Wildman–Crippen LogP) is 7.52. The van der Waals surface area contributed by atoms with Gasteiger partial charge in [-0.3, -0.25) is 9.20 Å². The number of para-hydroxylation sites is 1. The van der Waals surface area contributed by atoms with Gasteiger partial charge in [-0.25, -0.2) is 28.1 Å². The van der Waals surface area contributed by atoms with E-state index in [1.165, 1.54) is 13.2 Å². The third kappa shape index (κ3) is 7.09. The van der Waals surface area contributed by atoms with Gasteiger partial charge in [-0.2, -0.15) is 0 Å². The highest BCUT2D eigenvalue weighted by molar-refractivity contribution is 6.07. The van der Waals surface area contributed by atoms with Crippen molar-refractivity contribution < 1.29 is 27.4 Å². The van der Waals surface area contributed by atoms with E-state index in [0.29, 0.717) is 58.4 Å². The molecule has 2 N–H and O–H groups in total. The van der Waals surface area contributed by atoms with Gasteiger partial charge in [0.25, 0.3) is 5.91 Å². The number of halogens is 3. The number of allylic oxidation sites excluding steroid dienone is 2. The Morgan fingerprint density at radius 2 is 1.79 bits per heavy atom. The highest BCUT2D eigenvalue weighted by atomic mass is 19.1. The van der Waals surface area contributed by atoms with Crippen LogP contribution in [-0.2, 0) is 4.74 Å². The molecule has 268 valence electrons. The second-order valence-corrected chi connectivity index (χ2v) is 12.7. The summed E-state index contributed by atoms with van der Waals surface area (Å²) in [7, 11) is 3.05. The van der Waals surface area contributed by atoms with Gasteiger partial charge in [0.2, 0.25) is 5.95 Å². The lowest BCUT2D eigenvalue weighted by Crippen LogP contribution is -2.37. The number of imidazole rings is 1. The molecule has 7 rings (SSSR count). The molecule has 5 aromatic rings. The largest absolute Gasteiger partial charge is 0.496 e. The molecule has 1 saturated heterocycles. The quantitative estimate of drug-likeness (QED) is 0.145. The Labute approximate surface area is 299 Å². The number of benzene rings is 2. The van der Waals surface area contributed by atoms with Gasteiger partial charge in [0.15, 0.2) is 0 Å². The number of anilines is 2. The summed E-state index contributed by atoms with van der Waals surface area (Å²) < 4.78 is 54.8. The van der Waals surface area contributed by atoms with Crippen molar-refractivity contribution in [1.82, 2.24) is 24.3 Å². The fraction of sp³-hybridized carbons (Fsp3) is 0.282. The molecule has 3 aromatic heterocycles. The Balaban J connectivity index is 1.18. The molecule has 0 radical (unpaired) electrons. The maximum absolute atomic E-state index is 14.4. The van der Waals surface area contributed by atoms with E-state index in [1.807, 2.05) is 28.8 Å². The average Bonchev–Trinajstić information content (AvgIpc) is 3.56. The van der Waals surface area contributed by atoms with Crippen LogP contribution in [0.1, 0.15) is 29.6 Å². The van der Waals surface area contributed by atoms with E-state index in [4.69, 9.17) is 19.4 Å². The SMILES string of the molecule is COC1=CC(C2CCN(CCF)CC2)CC=C1Nc1nccc(-c2c(-c3ccc(OC)c(C(=O)Nc4c(F)cccc4F)c3)nc3ccccn23)n1. The van der Waals surface area contributed by atoms with Crippen LogP contribution in [0.4, 0.5) is 24.8 Å². The lowest BCUT2D eigenvalue weighted by atomic mass is 9.80. The van der Waals surface area contributed by atoms with Gasteiger partial charge in [-0.15, -0.1) is 0 Å². The van der Waals surface area contributed by atoms with Crippen LogP contribution in [0.5, 0.6) is 5.75 Å². The first-order valence-electron chi connectivity index (χ1n) is 17.1. The summed E-state index contributed by atoms with van der Waals surface area (Å²) in [5.74, 6) is -0.459. The molecule has 1 aliphatic heterocycles. The third-order valence-corrected chi connectivity index (χ3v) is 9.68. The first-order chi connectivity index (χ1) is 25.4. The summed E-state index contributed by atoms with van der Waals surface area (Å²) in [6.45, 7) is 1.99. The van der Waals surface area contributed by atoms with E-state index >= 15 is 0 Å². The summed E-state index contributed by atoms with van der Waals surface area (Å²) in [5, 5.41) is 5.69. The maximum Gasteiger partial charge on any atom is 0.259 e. The number of ether oxygens (including phenoxy) is 2. The number of carbonyl (C=O) groups is 1. The van der Waals surface area contributed by atoms with Gasteiger partial charge in [0.05, 0.1) is 42.6 Å². The number of methoxy groups -OCH3 is 2. The number of hydrogen-bond donors (Lipinski definition) is 2. The fourth-order valence-corrected chi connectivity index (χ4v) is 6.99. The van der Waals surface area contributed by atoms with Crippen molar-refractivity contribution in [3.63, 3.8) is 0 Å². The van der Waals surface area contributed by atoms with Gasteiger partial charge in [0.1, 0.15) is 41.2 Å². The molecule has 2 aliphatic rings. The van der Waals surface area contributed by atoms with Crippen LogP contribution >= 0.6 is 0 Å². The molecule has 4 heterocycles. The summed E-state index contributed by atoms with van der Waals surface area (Å²) in [5.41, 5.74) is 3.16. The van der Waals surface area contributed by atoms with Crippen LogP contribution in [0.15, 0.2) is 96.7 Å². The molecule has 1 unspecified atom stereocenters. The number of nitrogens with zero attached hydrogens (tertiary/aromatic N) is 5. The smallest absolute Gasteiger partial charge is 0.259 e. The summed E-state index contributed by atoms with van der Waals surface area (Å²) >= 11 is 0. The second-order valence-electron chi connectivity index (χ2n) is 12.7. The van der Waals surface area contributed by atoms with Crippen molar-refractivity contribution in [1.29, 1.82) is 0 Å². The van der Waals surface area contributed by atoms with E-state index in [-0.39, 0.29) is 18.0 Å². The minimum Gasteiger partial charge on any atom is -0.496 e. The fourth-order valence-electron chi connectivity index (χ4n) is 6.99. The van der Waals surface area contributed by atoms with E-state index < -0.39 is 23.2 Å². The molecule has 13 heteroatoms. The molecule has 1 fully saturated rings. The molecular formula is C39H38F3N7O3. The number of pyridine rings is 1. The highest BCUT2D eigenvalue weighted by Crippen LogP contribution is 2.37. The van der Waals surface area contributed by atoms with Crippen molar-refractivity contribution in [2.75, 3.05) is 51.2 Å². The second kappa shape index (κ2) is 15.3. The minimum absolute atomic E-state index is 0.0578. The number of nitrogens with one attached hydrogen (secondary N) is 2. The number of aromatic nitrogens is 4. The highest BCUT2D eigenvalue weighted by Gasteiger charge is 2.29. The molecule has 52 heavy (non-hydrogen) atoms. The number of amides is 1. The van der Waals surface area contributed by atoms with Gasteiger partial charge in [-0.1, -0.05) is 18.2 Å². The van der Waals surface area contributed by atoms with Gasteiger partial charge >= 0.3 is 0 Å². The Hall–Kier alpha value is -5.69. The monoisotopic (exact) mass is 709 g/mol. The van der Waals surface area contributed by atoms with E-state index in [0.717, 1.165) is 50.2 Å². The molecule has 1 aliphatic carbocycles. The van der Waals surface area contributed by atoms with Crippen molar-refractivity contribution in [2.24, 2.45) is 11.8 Å². The number of fused-ring (bicyclic) bond motifs is 1. The molecule has 1 amide bonds. The number of likely N-dealkylation sites (tertiary alicyclic amines) is 1. The van der Waals surface area contributed by atoms with Crippen molar-refractivity contribution in [2.45, 2.75) is 19.3 Å². The molecule has 0 spiro atoms. The van der Waals surface area contributed by atoms with Crippen LogP contribution in [0.25, 0.3) is 28.3 Å². The zero-order valence-corrected chi connectivity index (χ0v) is 28.8. The van der Waals surface area contributed by atoms with Gasteiger partial charge in [0, 0.05) is 24.5 Å². The van der Waals surface area contributed by atoms with Crippen molar-refractivity contribution in [3.8, 4) is 28.4 Å². The topological polar surface area (TPSA) is 106 Å². The molecule has 1 atom stereocenters. The zero-order valence-electron chi connectivity index (χ0n) is 28.8. The lowest BCUT2D eigenvalue weighted by Gasteiger charge is -2.35. The molecular weight excluding hydrogens is 671 g/mol. The van der Waals surface area contributed by atoms with Gasteiger partial charge < -0.3 is 25.0 Å². The summed E-state index contributed by atoms with van der Waals surface area (Å²) in [6, 6.07) is 15.7. The number of piperidine rings is 1. The normalized spacial score (nSPS) is 16.7. The number of carbonyl (C=O) groups excluding carboxylic acids is 1. The van der Waals surface area contributed by atoms with Crippen LogP contribution in [0.3, 0.4) is 0 Å². The number of rotatable bonds is 11. The first kappa shape index (κ1) is 34.7. The molecule has 0 bridgehead atoms. The lowest BCUT2D eigenvalue weighted by molar-refractivity contribution is 0.102. The van der Waals surface area contributed by atoms with Crippen LogP contribution < -0.4 is 15.4 Å².